The van der Waals surface area contributed by atoms with E-state index in [1.165, 1.54) is 7.11 Å². The third kappa shape index (κ3) is 5.25. The Bertz CT molecular complexity index is 711. The molecule has 0 aliphatic rings. The van der Waals surface area contributed by atoms with Crippen molar-refractivity contribution in [1.29, 1.82) is 0 Å². The molecule has 1 atom stereocenters. The fraction of sp³-hybridized carbons (Fsp3) is 0.158. The predicted molar refractivity (Wildman–Crippen MR) is 94.8 cm³/mol. The molecule has 0 aromatic heterocycles. The van der Waals surface area contributed by atoms with Crippen LogP contribution in [0.2, 0.25) is 5.02 Å². The Balaban J connectivity index is 2.02. The maximum atomic E-state index is 12.2. The highest BCUT2D eigenvalue weighted by Gasteiger charge is 2.20. The summed E-state index contributed by atoms with van der Waals surface area (Å²) in [6, 6.07) is 15.4. The Kier molecular flexibility index (Phi) is 6.58. The molecule has 0 fully saturated rings. The van der Waals surface area contributed by atoms with Gasteiger partial charge in [0.2, 0.25) is 0 Å². The molecule has 1 amide bonds. The van der Waals surface area contributed by atoms with Crippen molar-refractivity contribution in [2.75, 3.05) is 7.11 Å². The molecule has 0 saturated heterocycles. The van der Waals surface area contributed by atoms with Gasteiger partial charge in [0, 0.05) is 10.6 Å². The lowest BCUT2D eigenvalue weighted by Crippen LogP contribution is -2.41. The van der Waals surface area contributed by atoms with Crippen LogP contribution in [0.1, 0.15) is 22.3 Å². The minimum absolute atomic E-state index is 0.334. The van der Waals surface area contributed by atoms with E-state index in [1.807, 2.05) is 42.5 Å². The van der Waals surface area contributed by atoms with Gasteiger partial charge in [-0.25, -0.2) is 4.79 Å². The maximum Gasteiger partial charge on any atom is 0.328 e. The van der Waals surface area contributed by atoms with Gasteiger partial charge < -0.3 is 10.1 Å². The lowest BCUT2D eigenvalue weighted by atomic mass is 10.1. The zero-order valence-electron chi connectivity index (χ0n) is 13.2. The number of hydrogen-bond acceptors (Lipinski definition) is 3. The normalized spacial score (nSPS) is 11.9. The molecule has 0 saturated carbocycles. The summed E-state index contributed by atoms with van der Waals surface area (Å²) >= 11 is 5.81. The van der Waals surface area contributed by atoms with Crippen LogP contribution < -0.4 is 5.32 Å². The molecule has 4 nitrogen and oxygen atoms in total. The molecule has 2 rings (SSSR count). The van der Waals surface area contributed by atoms with Crippen LogP contribution in [0.25, 0.3) is 6.08 Å². The minimum Gasteiger partial charge on any atom is -0.467 e. The standard InChI is InChI=1S/C19H18ClNO3/c1-24-19(23)17(9-5-8-14-6-3-2-4-7-14)21-18(22)15-10-12-16(20)13-11-15/h2-8,10-13,17H,9H2,1H3,(H,21,22)/b8-5+/t17-/m0/s1. The van der Waals surface area contributed by atoms with Gasteiger partial charge in [-0.05, 0) is 36.2 Å². The SMILES string of the molecule is COC(=O)[C@H](C/C=C/c1ccccc1)NC(=O)c1ccc(Cl)cc1. The van der Waals surface area contributed by atoms with Gasteiger partial charge in [-0.1, -0.05) is 54.1 Å². The fourth-order valence-electron chi connectivity index (χ4n) is 2.10. The van der Waals surface area contributed by atoms with Crippen LogP contribution in [0.3, 0.4) is 0 Å². The van der Waals surface area contributed by atoms with Crippen LogP contribution in [0.15, 0.2) is 60.7 Å². The van der Waals surface area contributed by atoms with Crippen molar-refractivity contribution in [3.63, 3.8) is 0 Å². The highest BCUT2D eigenvalue weighted by molar-refractivity contribution is 6.30. The molecule has 0 aliphatic heterocycles. The average Bonchev–Trinajstić information content (AvgIpc) is 2.61. The third-order valence-electron chi connectivity index (χ3n) is 3.38. The van der Waals surface area contributed by atoms with Crippen LogP contribution >= 0.6 is 11.6 Å². The second kappa shape index (κ2) is 8.89. The van der Waals surface area contributed by atoms with E-state index in [1.54, 1.807) is 24.3 Å². The Morgan fingerprint density at radius 3 is 2.42 bits per heavy atom. The summed E-state index contributed by atoms with van der Waals surface area (Å²) in [7, 11) is 1.30. The number of halogens is 1. The second-order valence-electron chi connectivity index (χ2n) is 5.10. The molecule has 0 spiro atoms. The Morgan fingerprint density at radius 2 is 1.79 bits per heavy atom. The summed E-state index contributed by atoms with van der Waals surface area (Å²) in [5.74, 6) is -0.842. The molecule has 1 N–H and O–H groups in total. The van der Waals surface area contributed by atoms with Gasteiger partial charge in [-0.3, -0.25) is 4.79 Å². The van der Waals surface area contributed by atoms with Crippen molar-refractivity contribution in [3.05, 3.63) is 76.8 Å². The van der Waals surface area contributed by atoms with E-state index < -0.39 is 12.0 Å². The minimum atomic E-state index is -0.752. The largest absolute Gasteiger partial charge is 0.467 e. The second-order valence-corrected chi connectivity index (χ2v) is 5.54. The van der Waals surface area contributed by atoms with E-state index in [9.17, 15) is 9.59 Å². The summed E-state index contributed by atoms with van der Waals surface area (Å²) in [4.78, 5) is 24.1. The van der Waals surface area contributed by atoms with Crippen molar-refractivity contribution >= 4 is 29.6 Å². The van der Waals surface area contributed by atoms with E-state index in [0.717, 1.165) is 5.56 Å². The molecular weight excluding hydrogens is 326 g/mol. The van der Waals surface area contributed by atoms with Gasteiger partial charge in [-0.15, -0.1) is 0 Å². The van der Waals surface area contributed by atoms with Crippen molar-refractivity contribution in [2.45, 2.75) is 12.5 Å². The van der Waals surface area contributed by atoms with Gasteiger partial charge in [0.25, 0.3) is 5.91 Å². The van der Waals surface area contributed by atoms with E-state index >= 15 is 0 Å². The first kappa shape index (κ1) is 17.8. The zero-order chi connectivity index (χ0) is 17.4. The van der Waals surface area contributed by atoms with Crippen LogP contribution in [0.5, 0.6) is 0 Å². The lowest BCUT2D eigenvalue weighted by Gasteiger charge is -2.15. The van der Waals surface area contributed by atoms with Crippen LogP contribution in [-0.2, 0) is 9.53 Å². The smallest absolute Gasteiger partial charge is 0.328 e. The van der Waals surface area contributed by atoms with E-state index in [4.69, 9.17) is 16.3 Å². The number of carbonyl (C=O) groups is 2. The number of rotatable bonds is 6. The maximum absolute atomic E-state index is 12.2. The molecule has 0 radical (unpaired) electrons. The van der Waals surface area contributed by atoms with Gasteiger partial charge in [0.15, 0.2) is 0 Å². The van der Waals surface area contributed by atoms with Crippen molar-refractivity contribution < 1.29 is 14.3 Å². The number of esters is 1. The monoisotopic (exact) mass is 343 g/mol. The Labute approximate surface area is 146 Å². The summed E-state index contributed by atoms with van der Waals surface area (Å²) < 4.78 is 4.76. The molecule has 0 bridgehead atoms. The van der Waals surface area contributed by atoms with Gasteiger partial charge in [-0.2, -0.15) is 0 Å². The van der Waals surface area contributed by atoms with E-state index in [-0.39, 0.29) is 5.91 Å². The quantitative estimate of drug-likeness (QED) is 0.813. The molecule has 2 aromatic rings. The summed E-state index contributed by atoms with van der Waals surface area (Å²) in [6.07, 6.45) is 4.06. The lowest BCUT2D eigenvalue weighted by molar-refractivity contribution is -0.142. The molecule has 24 heavy (non-hydrogen) atoms. The number of nitrogens with one attached hydrogen (secondary N) is 1. The van der Waals surface area contributed by atoms with Crippen molar-refractivity contribution in [2.24, 2.45) is 0 Å². The molecule has 0 aliphatic carbocycles. The van der Waals surface area contributed by atoms with Gasteiger partial charge >= 0.3 is 5.97 Å². The Morgan fingerprint density at radius 1 is 1.12 bits per heavy atom. The number of amides is 1. The number of methoxy groups -OCH3 is 1. The zero-order valence-corrected chi connectivity index (χ0v) is 14.0. The van der Waals surface area contributed by atoms with E-state index in [2.05, 4.69) is 5.32 Å². The first-order chi connectivity index (χ1) is 11.6. The van der Waals surface area contributed by atoms with E-state index in [0.29, 0.717) is 17.0 Å². The highest BCUT2D eigenvalue weighted by Crippen LogP contribution is 2.10. The van der Waals surface area contributed by atoms with Crippen LogP contribution in [0, 0.1) is 0 Å². The number of benzene rings is 2. The fourth-order valence-corrected chi connectivity index (χ4v) is 2.23. The number of ether oxygens (including phenoxy) is 1. The molecule has 2 aromatic carbocycles. The summed E-state index contributed by atoms with van der Waals surface area (Å²) in [6.45, 7) is 0. The number of hydrogen-bond donors (Lipinski definition) is 1. The highest BCUT2D eigenvalue weighted by atomic mass is 35.5. The average molecular weight is 344 g/mol. The first-order valence-corrected chi connectivity index (χ1v) is 7.84. The predicted octanol–water partition coefficient (Wildman–Crippen LogP) is 3.71. The first-order valence-electron chi connectivity index (χ1n) is 7.46. The summed E-state index contributed by atoms with van der Waals surface area (Å²) in [5.41, 5.74) is 1.45. The topological polar surface area (TPSA) is 55.4 Å². The third-order valence-corrected chi connectivity index (χ3v) is 3.63. The van der Waals surface area contributed by atoms with Crippen molar-refractivity contribution in [3.8, 4) is 0 Å². The Hall–Kier alpha value is -2.59. The number of carbonyl (C=O) groups excluding carboxylic acids is 2. The molecular formula is C19H18ClNO3. The van der Waals surface area contributed by atoms with Gasteiger partial charge in [0.1, 0.15) is 6.04 Å². The molecule has 5 heteroatoms. The van der Waals surface area contributed by atoms with Crippen LogP contribution in [0.4, 0.5) is 0 Å². The van der Waals surface area contributed by atoms with Crippen LogP contribution in [-0.4, -0.2) is 25.0 Å². The van der Waals surface area contributed by atoms with Gasteiger partial charge in [0.05, 0.1) is 7.11 Å². The molecule has 124 valence electrons. The van der Waals surface area contributed by atoms with Crippen molar-refractivity contribution in [1.82, 2.24) is 5.32 Å². The molecule has 0 heterocycles. The molecule has 0 unspecified atom stereocenters. The summed E-state index contributed by atoms with van der Waals surface area (Å²) in [5, 5.41) is 3.23.